The van der Waals surface area contributed by atoms with Crippen LogP contribution in [0, 0.1) is 28.1 Å². The van der Waals surface area contributed by atoms with E-state index in [0.29, 0.717) is 11.1 Å². The molecule has 0 aromatic heterocycles. The monoisotopic (exact) mass is 493 g/mol. The van der Waals surface area contributed by atoms with E-state index in [4.69, 9.17) is 9.47 Å². The maximum Gasteiger partial charge on any atom is 0.416 e. The first-order valence-corrected chi connectivity index (χ1v) is 10.6. The van der Waals surface area contributed by atoms with Crippen LogP contribution in [0.3, 0.4) is 0 Å². The second-order valence-corrected chi connectivity index (χ2v) is 8.15. The Morgan fingerprint density at radius 2 is 1.58 bits per heavy atom. The number of nitrogens with zero attached hydrogens (tertiary/aromatic N) is 3. The SMILES string of the molecule is COC(=O)C1=C(C(=O)OC)N2C=Cc3ccccc3[C@H]2C(C#N)(C#N)[C@H]1c1ccc(C(F)(F)F)cc1. The second kappa shape index (κ2) is 8.90. The zero-order valence-corrected chi connectivity index (χ0v) is 19.0. The number of carbonyl (C=O) groups excluding carboxylic acids is 2. The molecule has 4 rings (SSSR count). The van der Waals surface area contributed by atoms with Gasteiger partial charge in [-0.3, -0.25) is 0 Å². The summed E-state index contributed by atoms with van der Waals surface area (Å²) in [5.41, 5.74) is -2.40. The lowest BCUT2D eigenvalue weighted by atomic mass is 9.60. The highest BCUT2D eigenvalue weighted by Gasteiger charge is 2.60. The van der Waals surface area contributed by atoms with E-state index in [0.717, 1.165) is 38.5 Å². The van der Waals surface area contributed by atoms with E-state index in [2.05, 4.69) is 0 Å². The van der Waals surface area contributed by atoms with Crippen molar-refractivity contribution in [2.45, 2.75) is 18.1 Å². The Morgan fingerprint density at radius 1 is 0.972 bits per heavy atom. The van der Waals surface area contributed by atoms with E-state index in [1.54, 1.807) is 30.3 Å². The second-order valence-electron chi connectivity index (χ2n) is 8.15. The molecule has 0 saturated carbocycles. The van der Waals surface area contributed by atoms with Gasteiger partial charge >= 0.3 is 18.1 Å². The van der Waals surface area contributed by atoms with Crippen molar-refractivity contribution in [3.05, 3.63) is 88.3 Å². The molecular formula is C26H18F3N3O4. The van der Waals surface area contributed by atoms with Gasteiger partial charge in [-0.25, -0.2) is 9.59 Å². The van der Waals surface area contributed by atoms with Gasteiger partial charge in [0.15, 0.2) is 5.41 Å². The summed E-state index contributed by atoms with van der Waals surface area (Å²) in [4.78, 5) is 27.5. The molecule has 36 heavy (non-hydrogen) atoms. The first-order valence-electron chi connectivity index (χ1n) is 10.6. The van der Waals surface area contributed by atoms with Gasteiger partial charge in [0.1, 0.15) is 5.70 Å². The minimum Gasteiger partial charge on any atom is -0.466 e. The van der Waals surface area contributed by atoms with Crippen LogP contribution >= 0.6 is 0 Å². The number of nitriles is 2. The summed E-state index contributed by atoms with van der Waals surface area (Å²) in [6.45, 7) is 0. The molecule has 2 aromatic carbocycles. The Kier molecular flexibility index (Phi) is 6.07. The van der Waals surface area contributed by atoms with Gasteiger partial charge in [0, 0.05) is 6.20 Å². The Labute approximate surface area is 204 Å². The van der Waals surface area contributed by atoms with E-state index < -0.39 is 41.1 Å². The number of halogens is 3. The van der Waals surface area contributed by atoms with Gasteiger partial charge in [-0.05, 0) is 34.9 Å². The molecule has 2 aromatic rings. The fourth-order valence-corrected chi connectivity index (χ4v) is 4.84. The topological polar surface area (TPSA) is 103 Å². The molecule has 0 bridgehead atoms. The number of hydrogen-bond acceptors (Lipinski definition) is 7. The fraction of sp³-hybridized carbons (Fsp3) is 0.231. The van der Waals surface area contributed by atoms with Crippen molar-refractivity contribution in [3.63, 3.8) is 0 Å². The quantitative estimate of drug-likeness (QED) is 0.582. The average molecular weight is 493 g/mol. The zero-order valence-electron chi connectivity index (χ0n) is 19.0. The number of carbonyl (C=O) groups is 2. The molecule has 0 amide bonds. The van der Waals surface area contributed by atoms with Crippen LogP contribution in [0.1, 0.15) is 34.2 Å². The molecular weight excluding hydrogens is 475 g/mol. The fourth-order valence-electron chi connectivity index (χ4n) is 4.84. The van der Waals surface area contributed by atoms with Crippen LogP contribution in [0.25, 0.3) is 6.08 Å². The first kappa shape index (κ1) is 24.6. The summed E-state index contributed by atoms with van der Waals surface area (Å²) in [7, 11) is 2.16. The number of hydrogen-bond donors (Lipinski definition) is 0. The van der Waals surface area contributed by atoms with Gasteiger partial charge in [0.2, 0.25) is 0 Å². The van der Waals surface area contributed by atoms with E-state index >= 15 is 0 Å². The van der Waals surface area contributed by atoms with Crippen LogP contribution in [0.4, 0.5) is 13.2 Å². The molecule has 2 aliphatic heterocycles. The number of methoxy groups -OCH3 is 2. The number of esters is 2. The van der Waals surface area contributed by atoms with Gasteiger partial charge in [-0.1, -0.05) is 36.4 Å². The Bertz CT molecular complexity index is 1370. The first-order chi connectivity index (χ1) is 17.1. The van der Waals surface area contributed by atoms with Crippen LogP contribution < -0.4 is 0 Å². The van der Waals surface area contributed by atoms with E-state index in [1.807, 2.05) is 12.1 Å². The standard InChI is InChI=1S/C26H18F3N3O4/c1-35-23(33)19-20(16-7-9-17(10-8-16)26(27,28)29)25(13-30,14-31)22-18-6-4-3-5-15(18)11-12-32(22)21(19)24(34)36-2/h3-12,20,22H,1-2H3/t20-,22-/m0/s1. The third-order valence-electron chi connectivity index (χ3n) is 6.40. The predicted octanol–water partition coefficient (Wildman–Crippen LogP) is 4.46. The Balaban J connectivity index is 2.12. The summed E-state index contributed by atoms with van der Waals surface area (Å²) < 4.78 is 49.6. The summed E-state index contributed by atoms with van der Waals surface area (Å²) in [5.74, 6) is -3.41. The molecule has 2 aliphatic rings. The molecule has 0 saturated heterocycles. The molecule has 0 unspecified atom stereocenters. The van der Waals surface area contributed by atoms with Crippen molar-refractivity contribution >= 4 is 18.0 Å². The van der Waals surface area contributed by atoms with Gasteiger partial charge < -0.3 is 14.4 Å². The van der Waals surface area contributed by atoms with Crippen LogP contribution in [-0.2, 0) is 25.2 Å². The van der Waals surface area contributed by atoms with Crippen molar-refractivity contribution in [2.75, 3.05) is 14.2 Å². The lowest BCUT2D eigenvalue weighted by molar-refractivity contribution is -0.142. The van der Waals surface area contributed by atoms with Gasteiger partial charge in [-0.2, -0.15) is 23.7 Å². The van der Waals surface area contributed by atoms with Crippen molar-refractivity contribution in [3.8, 4) is 12.1 Å². The van der Waals surface area contributed by atoms with Crippen LogP contribution in [0.2, 0.25) is 0 Å². The largest absolute Gasteiger partial charge is 0.466 e. The lowest BCUT2D eigenvalue weighted by Gasteiger charge is -2.49. The van der Waals surface area contributed by atoms with Crippen molar-refractivity contribution in [2.24, 2.45) is 5.41 Å². The molecule has 2 atom stereocenters. The molecule has 7 nitrogen and oxygen atoms in total. The molecule has 0 N–H and O–H groups in total. The summed E-state index contributed by atoms with van der Waals surface area (Å²) in [5, 5.41) is 21.0. The average Bonchev–Trinajstić information content (AvgIpc) is 2.90. The summed E-state index contributed by atoms with van der Waals surface area (Å²) >= 11 is 0. The third-order valence-corrected chi connectivity index (χ3v) is 6.40. The maximum atomic E-state index is 13.2. The number of rotatable bonds is 3. The smallest absolute Gasteiger partial charge is 0.416 e. The third kappa shape index (κ3) is 3.59. The summed E-state index contributed by atoms with van der Waals surface area (Å²) in [6.07, 6.45) is -1.51. The van der Waals surface area contributed by atoms with E-state index in [-0.39, 0.29) is 16.8 Å². The number of fused-ring (bicyclic) bond motifs is 3. The minimum absolute atomic E-state index is 0.0552. The number of ether oxygens (including phenoxy) is 2. The summed E-state index contributed by atoms with van der Waals surface area (Å²) in [6, 6.07) is 13.6. The highest BCUT2D eigenvalue weighted by molar-refractivity contribution is 6.02. The molecule has 0 fully saturated rings. The van der Waals surface area contributed by atoms with E-state index in [9.17, 15) is 33.3 Å². The van der Waals surface area contributed by atoms with Crippen LogP contribution in [0.15, 0.2) is 66.0 Å². The van der Waals surface area contributed by atoms with Crippen molar-refractivity contribution in [1.29, 1.82) is 10.5 Å². The normalized spacial score (nSPS) is 19.9. The lowest BCUT2D eigenvalue weighted by Crippen LogP contribution is -2.50. The molecule has 182 valence electrons. The molecule has 0 radical (unpaired) electrons. The minimum atomic E-state index is -4.63. The Hall–Kier alpha value is -4.57. The van der Waals surface area contributed by atoms with Crippen molar-refractivity contribution < 1.29 is 32.2 Å². The predicted molar refractivity (Wildman–Crippen MR) is 119 cm³/mol. The molecule has 10 heteroatoms. The molecule has 0 spiro atoms. The number of benzene rings is 2. The molecule has 2 heterocycles. The van der Waals surface area contributed by atoms with Crippen LogP contribution in [-0.4, -0.2) is 31.1 Å². The highest BCUT2D eigenvalue weighted by atomic mass is 19.4. The Morgan fingerprint density at radius 3 is 2.14 bits per heavy atom. The van der Waals surface area contributed by atoms with E-state index in [1.165, 1.54) is 11.1 Å². The van der Waals surface area contributed by atoms with Crippen molar-refractivity contribution in [1.82, 2.24) is 4.90 Å². The maximum absolute atomic E-state index is 13.2. The highest BCUT2D eigenvalue weighted by Crippen LogP contribution is 2.58. The number of alkyl halides is 3. The van der Waals surface area contributed by atoms with Crippen LogP contribution in [0.5, 0.6) is 0 Å². The van der Waals surface area contributed by atoms with Gasteiger partial charge in [0.25, 0.3) is 0 Å². The van der Waals surface area contributed by atoms with Gasteiger partial charge in [0.05, 0.1) is 49.5 Å². The van der Waals surface area contributed by atoms with Gasteiger partial charge in [-0.15, -0.1) is 0 Å². The zero-order chi connectivity index (χ0) is 26.3. The molecule has 0 aliphatic carbocycles.